The molecule has 0 unspecified atom stereocenters. The number of carbonyl (C=O) groups is 2. The number of hydrogen-bond donors (Lipinski definition) is 1. The van der Waals surface area contributed by atoms with Crippen LogP contribution in [0.5, 0.6) is 5.75 Å². The molecule has 0 bridgehead atoms. The summed E-state index contributed by atoms with van der Waals surface area (Å²) in [7, 11) is 1.58. The van der Waals surface area contributed by atoms with E-state index in [0.29, 0.717) is 12.3 Å². The first-order chi connectivity index (χ1) is 9.54. The second-order valence-corrected chi connectivity index (χ2v) is 3.82. The smallest absolute Gasteiger partial charge is 0.409 e. The highest BCUT2D eigenvalue weighted by molar-refractivity contribution is 5.85. The fourth-order valence-corrected chi connectivity index (χ4v) is 1.22. The molecule has 0 fully saturated rings. The molecule has 20 heavy (non-hydrogen) atoms. The highest BCUT2D eigenvalue weighted by Gasteiger charge is 2.09. The minimum absolute atomic E-state index is 0.0533. The maximum Gasteiger partial charge on any atom is 0.409 e. The third-order valence-electron chi connectivity index (χ3n) is 2.29. The van der Waals surface area contributed by atoms with Crippen LogP contribution in [0.3, 0.4) is 0 Å². The van der Waals surface area contributed by atoms with Gasteiger partial charge in [-0.05, 0) is 12.1 Å². The monoisotopic (exact) mass is 280 g/mol. The van der Waals surface area contributed by atoms with Crippen LogP contribution in [-0.2, 0) is 4.74 Å². The number of amides is 1. The van der Waals surface area contributed by atoms with Crippen molar-refractivity contribution in [1.82, 2.24) is 9.88 Å². The average Bonchev–Trinajstić information content (AvgIpc) is 2.45. The minimum Gasteiger partial charge on any atom is -0.490 e. The lowest BCUT2D eigenvalue weighted by molar-refractivity contribution is 0.0690. The quantitative estimate of drug-likeness (QED) is 0.760. The number of carbonyl (C=O) groups excluding carboxylic acids is 1. The first-order valence-corrected chi connectivity index (χ1v) is 5.85. The zero-order chi connectivity index (χ0) is 15.0. The molecule has 0 aliphatic carbocycles. The molecule has 108 valence electrons. The standard InChI is InChI=1S/C13H16N2O5/c1-3-7-20-13(18)15(2)6-8-19-10-4-5-11(12(16)17)14-9-10/h3-5,9H,1,6-8H2,2H3,(H,16,17). The molecule has 7 nitrogen and oxygen atoms in total. The van der Waals surface area contributed by atoms with E-state index in [1.165, 1.54) is 29.3 Å². The van der Waals surface area contributed by atoms with E-state index in [9.17, 15) is 9.59 Å². The van der Waals surface area contributed by atoms with E-state index in [-0.39, 0.29) is 18.9 Å². The number of ether oxygens (including phenoxy) is 2. The number of nitrogens with zero attached hydrogens (tertiary/aromatic N) is 2. The molecular weight excluding hydrogens is 264 g/mol. The third kappa shape index (κ3) is 4.97. The Bertz CT molecular complexity index is 472. The molecule has 7 heteroatoms. The van der Waals surface area contributed by atoms with Crippen molar-refractivity contribution >= 4 is 12.1 Å². The number of aromatic nitrogens is 1. The maximum atomic E-state index is 11.4. The molecule has 1 aromatic heterocycles. The van der Waals surface area contributed by atoms with Crippen molar-refractivity contribution in [3.8, 4) is 5.75 Å². The molecule has 1 amide bonds. The van der Waals surface area contributed by atoms with Gasteiger partial charge in [-0.3, -0.25) is 0 Å². The van der Waals surface area contributed by atoms with Crippen molar-refractivity contribution in [1.29, 1.82) is 0 Å². The summed E-state index contributed by atoms with van der Waals surface area (Å²) < 4.78 is 10.2. The Labute approximate surface area is 116 Å². The van der Waals surface area contributed by atoms with Gasteiger partial charge in [-0.1, -0.05) is 12.7 Å². The average molecular weight is 280 g/mol. The number of pyridine rings is 1. The molecule has 1 heterocycles. The van der Waals surface area contributed by atoms with Crippen molar-refractivity contribution in [2.75, 3.05) is 26.8 Å². The summed E-state index contributed by atoms with van der Waals surface area (Å²) in [4.78, 5) is 27.1. The predicted octanol–water partition coefficient (Wildman–Crippen LogP) is 1.41. The summed E-state index contributed by atoms with van der Waals surface area (Å²) in [6.45, 7) is 4.18. The molecule has 0 saturated carbocycles. The Kier molecular flexibility index (Phi) is 6.02. The van der Waals surface area contributed by atoms with Gasteiger partial charge in [-0.25, -0.2) is 14.6 Å². The Morgan fingerprint density at radius 2 is 2.25 bits per heavy atom. The molecule has 0 aliphatic heterocycles. The zero-order valence-electron chi connectivity index (χ0n) is 11.1. The van der Waals surface area contributed by atoms with Gasteiger partial charge in [0, 0.05) is 7.05 Å². The SMILES string of the molecule is C=CCOC(=O)N(C)CCOc1ccc(C(=O)O)nc1. The largest absolute Gasteiger partial charge is 0.490 e. The Hall–Kier alpha value is -2.57. The Balaban J connectivity index is 2.34. The fourth-order valence-electron chi connectivity index (χ4n) is 1.22. The van der Waals surface area contributed by atoms with Crippen molar-refractivity contribution in [3.63, 3.8) is 0 Å². The molecule has 1 N–H and O–H groups in total. The summed E-state index contributed by atoms with van der Waals surface area (Å²) in [5.74, 6) is -0.663. The number of carboxylic acid groups (broad SMARTS) is 1. The van der Waals surface area contributed by atoms with Crippen LogP contribution in [0, 0.1) is 0 Å². The van der Waals surface area contributed by atoms with E-state index in [4.69, 9.17) is 14.6 Å². The van der Waals surface area contributed by atoms with Crippen molar-refractivity contribution in [3.05, 3.63) is 36.7 Å². The number of carboxylic acids is 1. The zero-order valence-corrected chi connectivity index (χ0v) is 11.1. The lowest BCUT2D eigenvalue weighted by Gasteiger charge is -2.16. The fraction of sp³-hybridized carbons (Fsp3) is 0.308. The van der Waals surface area contributed by atoms with Crippen LogP contribution >= 0.6 is 0 Å². The normalized spacial score (nSPS) is 9.65. The van der Waals surface area contributed by atoms with E-state index in [1.54, 1.807) is 7.05 Å². The van der Waals surface area contributed by atoms with Gasteiger partial charge in [0.2, 0.25) is 0 Å². The van der Waals surface area contributed by atoms with Gasteiger partial charge in [-0.15, -0.1) is 0 Å². The number of rotatable bonds is 7. The summed E-state index contributed by atoms with van der Waals surface area (Å²) in [6.07, 6.45) is 2.34. The molecule has 1 aromatic rings. The van der Waals surface area contributed by atoms with Crippen LogP contribution in [0.4, 0.5) is 4.79 Å². The Morgan fingerprint density at radius 3 is 2.80 bits per heavy atom. The highest BCUT2D eigenvalue weighted by Crippen LogP contribution is 2.09. The van der Waals surface area contributed by atoms with Gasteiger partial charge in [0.1, 0.15) is 24.7 Å². The molecule has 0 aliphatic rings. The summed E-state index contributed by atoms with van der Waals surface area (Å²) >= 11 is 0. The Morgan fingerprint density at radius 1 is 1.50 bits per heavy atom. The topological polar surface area (TPSA) is 89.0 Å². The van der Waals surface area contributed by atoms with E-state index < -0.39 is 12.1 Å². The second-order valence-electron chi connectivity index (χ2n) is 3.82. The summed E-state index contributed by atoms with van der Waals surface area (Å²) in [5, 5.41) is 8.69. The molecule has 0 radical (unpaired) electrons. The lowest BCUT2D eigenvalue weighted by atomic mass is 10.3. The minimum atomic E-state index is -1.10. The number of aromatic carboxylic acids is 1. The van der Waals surface area contributed by atoms with Gasteiger partial charge < -0.3 is 19.5 Å². The highest BCUT2D eigenvalue weighted by atomic mass is 16.6. The van der Waals surface area contributed by atoms with Crippen LogP contribution in [0.15, 0.2) is 31.0 Å². The van der Waals surface area contributed by atoms with Gasteiger partial charge in [-0.2, -0.15) is 0 Å². The van der Waals surface area contributed by atoms with Crippen molar-refractivity contribution in [2.24, 2.45) is 0 Å². The molecule has 0 aromatic carbocycles. The van der Waals surface area contributed by atoms with Gasteiger partial charge in [0.05, 0.1) is 12.7 Å². The molecule has 1 rings (SSSR count). The van der Waals surface area contributed by atoms with Gasteiger partial charge >= 0.3 is 12.1 Å². The number of hydrogen-bond acceptors (Lipinski definition) is 5. The maximum absolute atomic E-state index is 11.4. The molecule has 0 atom stereocenters. The number of likely N-dealkylation sites (N-methyl/N-ethyl adjacent to an activating group) is 1. The van der Waals surface area contributed by atoms with E-state index in [2.05, 4.69) is 11.6 Å². The second kappa shape index (κ2) is 7.78. The van der Waals surface area contributed by atoms with Crippen molar-refractivity contribution in [2.45, 2.75) is 0 Å². The van der Waals surface area contributed by atoms with Crippen LogP contribution in [0.25, 0.3) is 0 Å². The first-order valence-electron chi connectivity index (χ1n) is 5.85. The molecule has 0 saturated heterocycles. The van der Waals surface area contributed by atoms with Crippen LogP contribution < -0.4 is 4.74 Å². The van der Waals surface area contributed by atoms with Gasteiger partial charge in [0.15, 0.2) is 0 Å². The predicted molar refractivity (Wildman–Crippen MR) is 70.9 cm³/mol. The van der Waals surface area contributed by atoms with Crippen LogP contribution in [0.2, 0.25) is 0 Å². The summed E-state index contributed by atoms with van der Waals surface area (Å²) in [6, 6.07) is 2.85. The van der Waals surface area contributed by atoms with Crippen LogP contribution in [-0.4, -0.2) is 53.9 Å². The molecule has 0 spiro atoms. The van der Waals surface area contributed by atoms with Gasteiger partial charge in [0.25, 0.3) is 0 Å². The molecular formula is C13H16N2O5. The van der Waals surface area contributed by atoms with Crippen molar-refractivity contribution < 1.29 is 24.2 Å². The van der Waals surface area contributed by atoms with Crippen LogP contribution in [0.1, 0.15) is 10.5 Å². The lowest BCUT2D eigenvalue weighted by Crippen LogP contribution is -2.31. The van der Waals surface area contributed by atoms with E-state index in [1.807, 2.05) is 0 Å². The van der Waals surface area contributed by atoms with E-state index in [0.717, 1.165) is 0 Å². The summed E-state index contributed by atoms with van der Waals surface area (Å²) in [5.41, 5.74) is -0.0533. The first kappa shape index (κ1) is 15.5. The third-order valence-corrected chi connectivity index (χ3v) is 2.29. The van der Waals surface area contributed by atoms with E-state index >= 15 is 0 Å².